The maximum atomic E-state index is 11.7. The Kier molecular flexibility index (Phi) is 5.82. The van der Waals surface area contributed by atoms with Gasteiger partial charge in [0.05, 0.1) is 33.3 Å². The number of anilines is 3. The monoisotopic (exact) mass is 473 g/mol. The summed E-state index contributed by atoms with van der Waals surface area (Å²) in [5.41, 5.74) is 3.34. The minimum absolute atomic E-state index is 0.101. The van der Waals surface area contributed by atoms with Crippen LogP contribution < -0.4 is 15.0 Å². The Labute approximate surface area is 193 Å². The van der Waals surface area contributed by atoms with E-state index in [1.54, 1.807) is 12.1 Å². The molecule has 0 saturated carbocycles. The van der Waals surface area contributed by atoms with Crippen molar-refractivity contribution >= 4 is 51.9 Å². The summed E-state index contributed by atoms with van der Waals surface area (Å²) in [6, 6.07) is 13.4. The van der Waals surface area contributed by atoms with Crippen molar-refractivity contribution in [2.45, 2.75) is 13.1 Å². The summed E-state index contributed by atoms with van der Waals surface area (Å²) in [5, 5.41) is 24.9. The Balaban J connectivity index is 1.63. The molecule has 32 heavy (non-hydrogen) atoms. The van der Waals surface area contributed by atoms with Crippen LogP contribution in [-0.2, 0) is 13.1 Å². The number of benzene rings is 3. The molecule has 8 nitrogen and oxygen atoms in total. The van der Waals surface area contributed by atoms with Crippen molar-refractivity contribution in [2.75, 3.05) is 17.3 Å². The van der Waals surface area contributed by atoms with Crippen molar-refractivity contribution in [1.29, 1.82) is 0 Å². The van der Waals surface area contributed by atoms with Crippen LogP contribution in [0.3, 0.4) is 0 Å². The number of hydrogen-bond acceptors (Lipinski definition) is 6. The second-order valence-corrected chi connectivity index (χ2v) is 8.01. The third-order valence-corrected chi connectivity index (χ3v) is 5.96. The van der Waals surface area contributed by atoms with Gasteiger partial charge in [0.2, 0.25) is 0 Å². The Bertz CT molecular complexity index is 1250. The topological polar surface area (TPSA) is 105 Å². The highest BCUT2D eigenvalue weighted by atomic mass is 35.5. The van der Waals surface area contributed by atoms with Gasteiger partial charge in [0.15, 0.2) is 5.75 Å². The van der Waals surface area contributed by atoms with Gasteiger partial charge in [-0.3, -0.25) is 10.1 Å². The fourth-order valence-corrected chi connectivity index (χ4v) is 3.94. The van der Waals surface area contributed by atoms with E-state index >= 15 is 0 Å². The van der Waals surface area contributed by atoms with E-state index in [0.29, 0.717) is 28.8 Å². The Morgan fingerprint density at radius 3 is 2.50 bits per heavy atom. The van der Waals surface area contributed by atoms with Crippen molar-refractivity contribution in [3.8, 4) is 5.75 Å². The molecule has 0 saturated heterocycles. The molecule has 1 heterocycles. The van der Waals surface area contributed by atoms with E-state index in [4.69, 9.17) is 27.9 Å². The SMILES string of the molecule is COc1cc(C(=O)O)c(Nc2ccc3c(c2)CN(c2ccc(Cl)c(Cl)c2)C3)cc1[N+](=O)[O-]. The van der Waals surface area contributed by atoms with Gasteiger partial charge in [0, 0.05) is 36.6 Å². The number of nitro groups is 1. The summed E-state index contributed by atoms with van der Waals surface area (Å²) in [6.45, 7) is 1.30. The van der Waals surface area contributed by atoms with E-state index in [2.05, 4.69) is 10.2 Å². The van der Waals surface area contributed by atoms with E-state index in [0.717, 1.165) is 28.9 Å². The standard InChI is InChI=1S/C22H17Cl2N3O5/c1-32-21-8-16(22(28)29)19(9-20(21)27(30)31)25-14-3-2-12-10-26(11-13(12)6-14)15-4-5-17(23)18(24)7-15/h2-9,25H,10-11H2,1H3,(H,28,29). The van der Waals surface area contributed by atoms with Gasteiger partial charge in [-0.1, -0.05) is 29.3 Å². The molecule has 0 spiro atoms. The van der Waals surface area contributed by atoms with Gasteiger partial charge >= 0.3 is 11.7 Å². The number of nitro benzene ring substituents is 1. The zero-order chi connectivity index (χ0) is 23.0. The number of aromatic carboxylic acids is 1. The lowest BCUT2D eigenvalue weighted by atomic mass is 10.1. The van der Waals surface area contributed by atoms with Gasteiger partial charge < -0.3 is 20.1 Å². The average molecular weight is 474 g/mol. The molecule has 0 bridgehead atoms. The molecule has 0 fully saturated rings. The van der Waals surface area contributed by atoms with Crippen molar-refractivity contribution in [2.24, 2.45) is 0 Å². The number of carboxylic acid groups (broad SMARTS) is 1. The molecule has 0 radical (unpaired) electrons. The minimum atomic E-state index is -1.23. The first kappa shape index (κ1) is 21.7. The third kappa shape index (κ3) is 4.15. The number of halogens is 2. The predicted octanol–water partition coefficient (Wildman–Crippen LogP) is 5.87. The summed E-state index contributed by atoms with van der Waals surface area (Å²) < 4.78 is 4.98. The lowest BCUT2D eigenvalue weighted by Gasteiger charge is -2.18. The van der Waals surface area contributed by atoms with Crippen molar-refractivity contribution < 1.29 is 19.6 Å². The van der Waals surface area contributed by atoms with Gasteiger partial charge in [-0.2, -0.15) is 0 Å². The number of methoxy groups -OCH3 is 1. The fourth-order valence-electron chi connectivity index (χ4n) is 3.65. The number of nitrogens with zero attached hydrogens (tertiary/aromatic N) is 2. The second kappa shape index (κ2) is 8.57. The van der Waals surface area contributed by atoms with E-state index in [-0.39, 0.29) is 22.7 Å². The molecular weight excluding hydrogens is 457 g/mol. The highest BCUT2D eigenvalue weighted by Gasteiger charge is 2.24. The first-order valence-electron chi connectivity index (χ1n) is 9.45. The first-order chi connectivity index (χ1) is 15.3. The molecule has 1 aliphatic heterocycles. The van der Waals surface area contributed by atoms with Crippen molar-refractivity contribution in [3.63, 3.8) is 0 Å². The summed E-state index contributed by atoms with van der Waals surface area (Å²) in [6.07, 6.45) is 0. The van der Waals surface area contributed by atoms with Crippen LogP contribution in [0.25, 0.3) is 0 Å². The quantitative estimate of drug-likeness (QED) is 0.340. The molecule has 0 amide bonds. The molecule has 0 unspecified atom stereocenters. The molecule has 0 atom stereocenters. The molecular formula is C22H17Cl2N3O5. The van der Waals surface area contributed by atoms with Crippen LogP contribution in [0.5, 0.6) is 5.75 Å². The number of fused-ring (bicyclic) bond motifs is 1. The number of nitrogens with one attached hydrogen (secondary N) is 1. The second-order valence-electron chi connectivity index (χ2n) is 7.19. The highest BCUT2D eigenvalue weighted by Crippen LogP contribution is 2.37. The number of hydrogen-bond donors (Lipinski definition) is 2. The number of ether oxygens (including phenoxy) is 1. The van der Waals surface area contributed by atoms with Crippen molar-refractivity contribution in [1.82, 2.24) is 0 Å². The van der Waals surface area contributed by atoms with Crippen LogP contribution in [-0.4, -0.2) is 23.1 Å². The maximum absolute atomic E-state index is 11.7. The van der Waals surface area contributed by atoms with Crippen LogP contribution in [0, 0.1) is 10.1 Å². The molecule has 10 heteroatoms. The van der Waals surface area contributed by atoms with Crippen LogP contribution >= 0.6 is 23.2 Å². The number of rotatable bonds is 6. The van der Waals surface area contributed by atoms with Gasteiger partial charge in [-0.15, -0.1) is 0 Å². The highest BCUT2D eigenvalue weighted by molar-refractivity contribution is 6.42. The molecule has 2 N–H and O–H groups in total. The van der Waals surface area contributed by atoms with E-state index in [1.165, 1.54) is 7.11 Å². The largest absolute Gasteiger partial charge is 0.490 e. The summed E-state index contributed by atoms with van der Waals surface area (Å²) in [7, 11) is 1.25. The smallest absolute Gasteiger partial charge is 0.337 e. The van der Waals surface area contributed by atoms with Gasteiger partial charge in [0.1, 0.15) is 0 Å². The summed E-state index contributed by atoms with van der Waals surface area (Å²) in [5.74, 6) is -1.35. The Morgan fingerprint density at radius 1 is 1.09 bits per heavy atom. The molecule has 3 aromatic rings. The molecule has 164 valence electrons. The molecule has 0 aromatic heterocycles. The lowest BCUT2D eigenvalue weighted by Crippen LogP contribution is -2.14. The zero-order valence-corrected chi connectivity index (χ0v) is 18.3. The minimum Gasteiger partial charge on any atom is -0.490 e. The van der Waals surface area contributed by atoms with Crippen molar-refractivity contribution in [3.05, 3.63) is 85.4 Å². The first-order valence-corrected chi connectivity index (χ1v) is 10.2. The summed E-state index contributed by atoms with van der Waals surface area (Å²) in [4.78, 5) is 24.6. The number of carbonyl (C=O) groups is 1. The van der Waals surface area contributed by atoms with Crippen LogP contribution in [0.1, 0.15) is 21.5 Å². The van der Waals surface area contributed by atoms with Gasteiger partial charge in [-0.25, -0.2) is 4.79 Å². The number of carboxylic acids is 1. The normalized spacial score (nSPS) is 12.4. The van der Waals surface area contributed by atoms with Crippen LogP contribution in [0.2, 0.25) is 10.0 Å². The van der Waals surface area contributed by atoms with Gasteiger partial charge in [-0.05, 0) is 41.5 Å². The van der Waals surface area contributed by atoms with Gasteiger partial charge in [0.25, 0.3) is 0 Å². The van der Waals surface area contributed by atoms with E-state index < -0.39 is 10.9 Å². The van der Waals surface area contributed by atoms with Crippen LogP contribution in [0.4, 0.5) is 22.7 Å². The fraction of sp³-hybridized carbons (Fsp3) is 0.136. The Hall–Kier alpha value is -3.49. The Morgan fingerprint density at radius 2 is 1.84 bits per heavy atom. The van der Waals surface area contributed by atoms with Crippen LogP contribution in [0.15, 0.2) is 48.5 Å². The van der Waals surface area contributed by atoms with E-state index in [9.17, 15) is 20.0 Å². The molecule has 3 aromatic carbocycles. The zero-order valence-electron chi connectivity index (χ0n) is 16.8. The molecule has 0 aliphatic carbocycles. The molecule has 4 rings (SSSR count). The maximum Gasteiger partial charge on any atom is 0.337 e. The average Bonchev–Trinajstić information content (AvgIpc) is 3.18. The third-order valence-electron chi connectivity index (χ3n) is 5.22. The lowest BCUT2D eigenvalue weighted by molar-refractivity contribution is -0.385. The molecule has 1 aliphatic rings. The predicted molar refractivity (Wildman–Crippen MR) is 123 cm³/mol. The van der Waals surface area contributed by atoms with E-state index in [1.807, 2.05) is 24.3 Å². The summed E-state index contributed by atoms with van der Waals surface area (Å²) >= 11 is 12.2.